The average Bonchev–Trinajstić information content (AvgIpc) is 2.46. The van der Waals surface area contributed by atoms with E-state index in [0.29, 0.717) is 5.56 Å². The van der Waals surface area contributed by atoms with Crippen LogP contribution in [0.25, 0.3) is 0 Å². The maximum absolute atomic E-state index is 12.4. The number of rotatable bonds is 4. The Kier molecular flexibility index (Phi) is 4.59. The van der Waals surface area contributed by atoms with E-state index in [1.54, 1.807) is 19.2 Å². The number of aryl methyl sites for hydroxylation is 1. The number of benzene rings is 1. The molecule has 0 radical (unpaired) electrons. The lowest BCUT2D eigenvalue weighted by Gasteiger charge is -2.26. The van der Waals surface area contributed by atoms with Crippen LogP contribution in [0.2, 0.25) is 0 Å². The summed E-state index contributed by atoms with van der Waals surface area (Å²) in [6.45, 7) is 1.88. The van der Waals surface area contributed by atoms with Gasteiger partial charge in [0.25, 0.3) is 0 Å². The summed E-state index contributed by atoms with van der Waals surface area (Å²) < 4.78 is 5.13. The van der Waals surface area contributed by atoms with Gasteiger partial charge in [-0.1, -0.05) is 19.3 Å². The van der Waals surface area contributed by atoms with Gasteiger partial charge in [0.15, 0.2) is 5.78 Å². The highest BCUT2D eigenvalue weighted by Gasteiger charge is 2.28. The lowest BCUT2D eigenvalue weighted by Crippen LogP contribution is -2.31. The van der Waals surface area contributed by atoms with Crippen LogP contribution in [0.4, 0.5) is 0 Å². The molecule has 0 bridgehead atoms. The molecule has 3 nitrogen and oxygen atoms in total. The number of ether oxygens (including phenoxy) is 1. The molecule has 0 spiro atoms. The highest BCUT2D eigenvalue weighted by Crippen LogP contribution is 2.29. The predicted molar refractivity (Wildman–Crippen MR) is 74.6 cm³/mol. The smallest absolute Gasteiger partial charge is 0.191 e. The molecule has 1 aliphatic rings. The zero-order valence-corrected chi connectivity index (χ0v) is 11.7. The fourth-order valence-electron chi connectivity index (χ4n) is 2.86. The molecule has 2 rings (SSSR count). The van der Waals surface area contributed by atoms with Gasteiger partial charge in [-0.25, -0.2) is 0 Å². The molecule has 0 saturated heterocycles. The van der Waals surface area contributed by atoms with E-state index in [9.17, 15) is 9.90 Å². The van der Waals surface area contributed by atoms with Gasteiger partial charge in [0.2, 0.25) is 0 Å². The largest absolute Gasteiger partial charge is 0.497 e. The summed E-state index contributed by atoms with van der Waals surface area (Å²) in [5, 5.41) is 10.3. The number of methoxy groups -OCH3 is 1. The van der Waals surface area contributed by atoms with Crippen LogP contribution in [0, 0.1) is 12.8 Å². The molecule has 1 unspecified atom stereocenters. The van der Waals surface area contributed by atoms with Crippen molar-refractivity contribution in [3.63, 3.8) is 0 Å². The number of carbonyl (C=O) groups excluding carboxylic acids is 1. The Balaban J connectivity index is 2.14. The van der Waals surface area contributed by atoms with E-state index >= 15 is 0 Å². The van der Waals surface area contributed by atoms with Crippen molar-refractivity contribution in [2.24, 2.45) is 5.92 Å². The van der Waals surface area contributed by atoms with E-state index in [1.807, 2.05) is 13.0 Å². The number of Topliss-reactive ketones (excluding diaryl/α,β-unsaturated/α-hetero) is 1. The maximum Gasteiger partial charge on any atom is 0.191 e. The number of aliphatic hydroxyl groups is 1. The quantitative estimate of drug-likeness (QED) is 0.848. The molecule has 3 heteroatoms. The second-order valence-electron chi connectivity index (χ2n) is 5.39. The van der Waals surface area contributed by atoms with E-state index in [0.717, 1.165) is 37.0 Å². The summed E-state index contributed by atoms with van der Waals surface area (Å²) in [5.74, 6) is 0.719. The van der Waals surface area contributed by atoms with Crippen LogP contribution >= 0.6 is 0 Å². The molecule has 1 N–H and O–H groups in total. The molecule has 0 amide bonds. The van der Waals surface area contributed by atoms with Crippen molar-refractivity contribution in [2.75, 3.05) is 7.11 Å². The van der Waals surface area contributed by atoms with Crippen LogP contribution in [0.5, 0.6) is 5.75 Å². The molecule has 1 aliphatic carbocycles. The van der Waals surface area contributed by atoms with Gasteiger partial charge in [-0.15, -0.1) is 0 Å². The van der Waals surface area contributed by atoms with Gasteiger partial charge in [-0.3, -0.25) is 4.79 Å². The minimum atomic E-state index is -0.854. The molecule has 19 heavy (non-hydrogen) atoms. The highest BCUT2D eigenvalue weighted by molar-refractivity contribution is 6.00. The van der Waals surface area contributed by atoms with Gasteiger partial charge in [0.1, 0.15) is 11.9 Å². The Morgan fingerprint density at radius 2 is 2.00 bits per heavy atom. The fraction of sp³-hybridized carbons (Fsp3) is 0.562. The van der Waals surface area contributed by atoms with E-state index in [-0.39, 0.29) is 11.7 Å². The minimum absolute atomic E-state index is 0.128. The first-order valence-corrected chi connectivity index (χ1v) is 7.00. The molecule has 104 valence electrons. The number of aliphatic hydroxyl groups excluding tert-OH is 1. The van der Waals surface area contributed by atoms with Gasteiger partial charge in [-0.05, 0) is 49.4 Å². The number of hydrogen-bond acceptors (Lipinski definition) is 3. The minimum Gasteiger partial charge on any atom is -0.497 e. The molecule has 1 saturated carbocycles. The lowest BCUT2D eigenvalue weighted by molar-refractivity contribution is 0.0534. The van der Waals surface area contributed by atoms with Crippen molar-refractivity contribution < 1.29 is 14.6 Å². The normalized spacial score (nSPS) is 18.1. The van der Waals surface area contributed by atoms with E-state index in [4.69, 9.17) is 4.74 Å². The van der Waals surface area contributed by atoms with Gasteiger partial charge < -0.3 is 9.84 Å². The van der Waals surface area contributed by atoms with Crippen molar-refractivity contribution in [3.05, 3.63) is 29.3 Å². The summed E-state index contributed by atoms with van der Waals surface area (Å²) in [7, 11) is 1.60. The van der Waals surface area contributed by atoms with Crippen LogP contribution < -0.4 is 4.74 Å². The first-order valence-electron chi connectivity index (χ1n) is 7.00. The number of hydrogen-bond donors (Lipinski definition) is 1. The first-order chi connectivity index (χ1) is 9.13. The molecule has 1 atom stereocenters. The molecule has 0 aromatic heterocycles. The van der Waals surface area contributed by atoms with E-state index in [1.165, 1.54) is 6.42 Å². The van der Waals surface area contributed by atoms with Gasteiger partial charge in [-0.2, -0.15) is 0 Å². The molecular weight excluding hydrogens is 240 g/mol. The maximum atomic E-state index is 12.4. The third-order valence-electron chi connectivity index (χ3n) is 4.06. The van der Waals surface area contributed by atoms with Gasteiger partial charge in [0.05, 0.1) is 7.11 Å². The predicted octanol–water partition coefficient (Wildman–Crippen LogP) is 3.13. The van der Waals surface area contributed by atoms with Crippen molar-refractivity contribution in [2.45, 2.75) is 45.1 Å². The van der Waals surface area contributed by atoms with Crippen LogP contribution in [0.15, 0.2) is 18.2 Å². The van der Waals surface area contributed by atoms with Crippen LogP contribution in [0.1, 0.15) is 48.0 Å². The highest BCUT2D eigenvalue weighted by atomic mass is 16.5. The second-order valence-corrected chi connectivity index (χ2v) is 5.39. The number of ketones is 1. The summed E-state index contributed by atoms with van der Waals surface area (Å²) >= 11 is 0. The average molecular weight is 262 g/mol. The zero-order chi connectivity index (χ0) is 13.8. The van der Waals surface area contributed by atoms with Crippen molar-refractivity contribution in [3.8, 4) is 5.75 Å². The monoisotopic (exact) mass is 262 g/mol. The molecule has 1 aromatic rings. The summed E-state index contributed by atoms with van der Waals surface area (Å²) in [5.41, 5.74) is 1.47. The Morgan fingerprint density at radius 3 is 2.58 bits per heavy atom. The molecule has 0 aliphatic heterocycles. The standard InChI is InChI=1S/C16H22O3/c1-11-10-13(19-2)8-9-14(11)16(18)15(17)12-6-4-3-5-7-12/h8-10,12,15,17H,3-7H2,1-2H3. The van der Waals surface area contributed by atoms with Crippen molar-refractivity contribution >= 4 is 5.78 Å². The second kappa shape index (κ2) is 6.20. The lowest BCUT2D eigenvalue weighted by atomic mass is 9.82. The summed E-state index contributed by atoms with van der Waals surface area (Å²) in [6.07, 6.45) is 4.53. The Morgan fingerprint density at radius 1 is 1.32 bits per heavy atom. The Hall–Kier alpha value is -1.35. The van der Waals surface area contributed by atoms with Crippen LogP contribution in [-0.2, 0) is 0 Å². The van der Waals surface area contributed by atoms with Crippen molar-refractivity contribution in [1.82, 2.24) is 0 Å². The van der Waals surface area contributed by atoms with E-state index in [2.05, 4.69) is 0 Å². The topological polar surface area (TPSA) is 46.5 Å². The first kappa shape index (κ1) is 14.1. The van der Waals surface area contributed by atoms with Crippen LogP contribution in [0.3, 0.4) is 0 Å². The Bertz CT molecular complexity index is 447. The zero-order valence-electron chi connectivity index (χ0n) is 11.7. The fourth-order valence-corrected chi connectivity index (χ4v) is 2.86. The van der Waals surface area contributed by atoms with Crippen LogP contribution in [-0.4, -0.2) is 24.1 Å². The molecule has 1 aromatic carbocycles. The SMILES string of the molecule is COc1ccc(C(=O)C(O)C2CCCCC2)c(C)c1. The number of carbonyl (C=O) groups is 1. The van der Waals surface area contributed by atoms with Gasteiger partial charge >= 0.3 is 0 Å². The Labute approximate surface area is 114 Å². The third kappa shape index (κ3) is 3.16. The molecule has 0 heterocycles. The molecular formula is C16H22O3. The van der Waals surface area contributed by atoms with Crippen molar-refractivity contribution in [1.29, 1.82) is 0 Å². The van der Waals surface area contributed by atoms with Gasteiger partial charge in [0, 0.05) is 5.56 Å². The summed E-state index contributed by atoms with van der Waals surface area (Å²) in [6, 6.07) is 5.36. The third-order valence-corrected chi connectivity index (χ3v) is 4.06. The summed E-state index contributed by atoms with van der Waals surface area (Å²) in [4.78, 5) is 12.4. The molecule has 1 fully saturated rings. The van der Waals surface area contributed by atoms with E-state index < -0.39 is 6.10 Å².